The van der Waals surface area contributed by atoms with Gasteiger partial charge in [0.2, 0.25) is 5.24 Å². The summed E-state index contributed by atoms with van der Waals surface area (Å²) in [7, 11) is -0.549. The summed E-state index contributed by atoms with van der Waals surface area (Å²) in [5.41, 5.74) is 6.19. The van der Waals surface area contributed by atoms with Crippen molar-refractivity contribution in [3.05, 3.63) is 82.9 Å². The van der Waals surface area contributed by atoms with E-state index in [0.717, 1.165) is 33.4 Å². The van der Waals surface area contributed by atoms with Gasteiger partial charge in [-0.3, -0.25) is 4.79 Å². The standard InChI is InChI=1S/C32H38ClNO5Si/c1-20-16-21(18-28(29(20)37-5)39-40(6,7)32(2,3)4)17-27(30(33)35)34-31(36)38-19-26-24-14-10-8-12-22(24)23-13-9-11-15-25(23)26/h8-16,18,26-27H,17,19H2,1-7H3,(H,34,36)/t27-/m0/s1. The zero-order valence-corrected chi connectivity index (χ0v) is 26.0. The molecule has 4 rings (SSSR count). The summed E-state index contributed by atoms with van der Waals surface area (Å²) in [5.74, 6) is 1.21. The molecular weight excluding hydrogens is 542 g/mol. The van der Waals surface area contributed by atoms with Gasteiger partial charge in [0.15, 0.2) is 5.75 Å². The molecule has 0 heterocycles. The largest absolute Gasteiger partial charge is 0.541 e. The molecule has 1 atom stereocenters. The van der Waals surface area contributed by atoms with E-state index in [2.05, 4.69) is 63.4 Å². The highest BCUT2D eigenvalue weighted by molar-refractivity contribution is 6.74. The Labute approximate surface area is 243 Å². The van der Waals surface area contributed by atoms with Gasteiger partial charge >= 0.3 is 6.09 Å². The summed E-state index contributed by atoms with van der Waals surface area (Å²) in [5, 5.41) is 1.99. The number of alkyl carbamates (subject to hydrolysis) is 1. The third-order valence-corrected chi connectivity index (χ3v) is 12.6. The molecule has 1 aliphatic rings. The van der Waals surface area contributed by atoms with Crippen LogP contribution in [-0.2, 0) is 16.0 Å². The third-order valence-electron chi connectivity index (χ3n) is 8.03. The molecule has 3 aromatic carbocycles. The Hall–Kier alpha value is -3.29. The van der Waals surface area contributed by atoms with Crippen LogP contribution in [0.15, 0.2) is 60.7 Å². The summed E-state index contributed by atoms with van der Waals surface area (Å²) in [6, 6.07) is 19.1. The highest BCUT2D eigenvalue weighted by atomic mass is 35.5. The molecule has 8 heteroatoms. The molecule has 3 aromatic rings. The molecule has 0 saturated carbocycles. The molecule has 6 nitrogen and oxygen atoms in total. The summed E-state index contributed by atoms with van der Waals surface area (Å²) < 4.78 is 17.9. The Kier molecular flexibility index (Phi) is 8.66. The van der Waals surface area contributed by atoms with E-state index >= 15 is 0 Å². The van der Waals surface area contributed by atoms with E-state index < -0.39 is 25.7 Å². The van der Waals surface area contributed by atoms with Crippen molar-refractivity contribution >= 4 is 31.3 Å². The first kappa shape index (κ1) is 29.7. The van der Waals surface area contributed by atoms with Crippen LogP contribution in [0, 0.1) is 6.92 Å². The maximum absolute atomic E-state index is 12.9. The second-order valence-corrected chi connectivity index (χ2v) is 16.9. The van der Waals surface area contributed by atoms with Gasteiger partial charge in [-0.2, -0.15) is 0 Å². The zero-order valence-electron chi connectivity index (χ0n) is 24.3. The molecule has 0 radical (unpaired) electrons. The number of halogens is 1. The van der Waals surface area contributed by atoms with E-state index in [1.165, 1.54) is 0 Å². The Morgan fingerprint density at radius 2 is 1.57 bits per heavy atom. The average molecular weight is 580 g/mol. The van der Waals surface area contributed by atoms with Crippen LogP contribution in [0.3, 0.4) is 0 Å². The lowest BCUT2D eigenvalue weighted by atomic mass is 9.98. The van der Waals surface area contributed by atoms with Crippen molar-refractivity contribution in [2.45, 2.75) is 64.2 Å². The molecular formula is C32H38ClNO5Si. The Morgan fingerprint density at radius 1 is 1.00 bits per heavy atom. The lowest BCUT2D eigenvalue weighted by Gasteiger charge is -2.37. The minimum Gasteiger partial charge on any atom is -0.541 e. The van der Waals surface area contributed by atoms with Crippen LogP contribution in [-0.4, -0.2) is 39.4 Å². The maximum Gasteiger partial charge on any atom is 0.407 e. The number of benzene rings is 3. The Morgan fingerprint density at radius 3 is 2.10 bits per heavy atom. The predicted octanol–water partition coefficient (Wildman–Crippen LogP) is 7.60. The second kappa shape index (κ2) is 11.7. The normalized spacial score (nSPS) is 13.7. The summed E-state index contributed by atoms with van der Waals surface area (Å²) in [6.45, 7) is 12.9. The van der Waals surface area contributed by atoms with E-state index in [1.54, 1.807) is 7.11 Å². The molecule has 0 saturated heterocycles. The van der Waals surface area contributed by atoms with Gasteiger partial charge in [-0.05, 0) is 76.1 Å². The predicted molar refractivity (Wildman–Crippen MR) is 162 cm³/mol. The maximum atomic E-state index is 12.9. The van der Waals surface area contributed by atoms with Crippen LogP contribution in [0.4, 0.5) is 4.79 Å². The van der Waals surface area contributed by atoms with Crippen LogP contribution in [0.2, 0.25) is 18.1 Å². The van der Waals surface area contributed by atoms with E-state index in [1.807, 2.05) is 43.3 Å². The molecule has 0 bridgehead atoms. The quantitative estimate of drug-likeness (QED) is 0.209. The molecule has 1 aliphatic carbocycles. The number of ether oxygens (including phenoxy) is 2. The van der Waals surface area contributed by atoms with E-state index in [4.69, 9.17) is 25.5 Å². The summed E-state index contributed by atoms with van der Waals surface area (Å²) in [6.07, 6.45) is -0.505. The number of hydrogen-bond acceptors (Lipinski definition) is 5. The van der Waals surface area contributed by atoms with Gasteiger partial charge in [0.05, 0.1) is 7.11 Å². The van der Waals surface area contributed by atoms with Crippen LogP contribution >= 0.6 is 11.6 Å². The third kappa shape index (κ3) is 6.21. The molecule has 0 unspecified atom stereocenters. The van der Waals surface area contributed by atoms with Gasteiger partial charge in [0.25, 0.3) is 8.32 Å². The topological polar surface area (TPSA) is 73.9 Å². The first-order chi connectivity index (χ1) is 18.8. The van der Waals surface area contributed by atoms with Crippen molar-refractivity contribution in [2.24, 2.45) is 0 Å². The highest BCUT2D eigenvalue weighted by Gasteiger charge is 2.40. The number of amides is 1. The van der Waals surface area contributed by atoms with E-state index in [-0.39, 0.29) is 24.0 Å². The molecule has 0 aromatic heterocycles. The van der Waals surface area contributed by atoms with Crippen molar-refractivity contribution in [1.29, 1.82) is 0 Å². The first-order valence-corrected chi connectivity index (χ1v) is 16.8. The van der Waals surface area contributed by atoms with Gasteiger partial charge < -0.3 is 19.2 Å². The van der Waals surface area contributed by atoms with Gasteiger partial charge in [-0.15, -0.1) is 0 Å². The number of fused-ring (bicyclic) bond motifs is 3. The summed E-state index contributed by atoms with van der Waals surface area (Å²) in [4.78, 5) is 25.2. The smallest absolute Gasteiger partial charge is 0.407 e. The zero-order chi connectivity index (χ0) is 29.2. The minimum atomic E-state index is -2.16. The number of nitrogens with one attached hydrogen (secondary N) is 1. The van der Waals surface area contributed by atoms with Crippen LogP contribution in [0.5, 0.6) is 11.5 Å². The fourth-order valence-corrected chi connectivity index (χ4v) is 6.04. The fraction of sp³-hybridized carbons (Fsp3) is 0.375. The molecule has 0 fully saturated rings. The first-order valence-electron chi connectivity index (χ1n) is 13.5. The number of hydrogen-bond donors (Lipinski definition) is 1. The average Bonchev–Trinajstić information content (AvgIpc) is 3.20. The second-order valence-electron chi connectivity index (χ2n) is 11.8. The van der Waals surface area contributed by atoms with E-state index in [9.17, 15) is 9.59 Å². The van der Waals surface area contributed by atoms with Gasteiger partial charge in [0.1, 0.15) is 18.4 Å². The van der Waals surface area contributed by atoms with Crippen LogP contribution < -0.4 is 14.5 Å². The van der Waals surface area contributed by atoms with Crippen molar-refractivity contribution in [2.75, 3.05) is 13.7 Å². The lowest BCUT2D eigenvalue weighted by Crippen LogP contribution is -2.44. The van der Waals surface area contributed by atoms with Crippen molar-refractivity contribution in [1.82, 2.24) is 5.32 Å². The lowest BCUT2D eigenvalue weighted by molar-refractivity contribution is -0.113. The Balaban J connectivity index is 1.48. The van der Waals surface area contributed by atoms with Gasteiger partial charge in [0, 0.05) is 12.3 Å². The van der Waals surface area contributed by atoms with Crippen molar-refractivity contribution in [3.63, 3.8) is 0 Å². The van der Waals surface area contributed by atoms with Crippen LogP contribution in [0.25, 0.3) is 11.1 Å². The molecule has 212 valence electrons. The number of methoxy groups -OCH3 is 1. The van der Waals surface area contributed by atoms with E-state index in [0.29, 0.717) is 11.5 Å². The van der Waals surface area contributed by atoms with Crippen molar-refractivity contribution < 1.29 is 23.5 Å². The summed E-state index contributed by atoms with van der Waals surface area (Å²) >= 11 is 5.95. The van der Waals surface area contributed by atoms with Crippen molar-refractivity contribution in [3.8, 4) is 22.6 Å². The number of carbonyl (C=O) groups excluding carboxylic acids is 2. The van der Waals surface area contributed by atoms with Crippen LogP contribution in [0.1, 0.15) is 48.9 Å². The number of aryl methyl sites for hydroxylation is 1. The fourth-order valence-electron chi connectivity index (χ4n) is 4.90. The number of carbonyl (C=O) groups is 2. The molecule has 40 heavy (non-hydrogen) atoms. The molecule has 1 amide bonds. The minimum absolute atomic E-state index is 0.0117. The highest BCUT2D eigenvalue weighted by Crippen LogP contribution is 2.45. The molecule has 1 N–H and O–H groups in total. The number of rotatable bonds is 9. The molecule has 0 spiro atoms. The van der Waals surface area contributed by atoms with Gasteiger partial charge in [-0.25, -0.2) is 4.79 Å². The van der Waals surface area contributed by atoms with Gasteiger partial charge in [-0.1, -0.05) is 75.4 Å². The SMILES string of the molecule is COc1c(C)cc(C[C@H](NC(=O)OCC2c3ccccc3-c3ccccc32)C(=O)Cl)cc1O[Si](C)(C)C(C)(C)C. The molecule has 0 aliphatic heterocycles. The monoisotopic (exact) mass is 579 g/mol. The Bertz CT molecular complexity index is 1370.